The first-order valence-electron chi connectivity index (χ1n) is 10.1. The van der Waals surface area contributed by atoms with Gasteiger partial charge in [0.15, 0.2) is 0 Å². The second kappa shape index (κ2) is 10.9. The molecule has 168 valence electrons. The lowest BCUT2D eigenvalue weighted by Crippen LogP contribution is -2.41. The summed E-state index contributed by atoms with van der Waals surface area (Å²) < 4.78 is 27.6. The number of anilines is 1. The molecule has 8 heteroatoms. The Morgan fingerprint density at radius 1 is 0.938 bits per heavy atom. The molecule has 0 aliphatic carbocycles. The van der Waals surface area contributed by atoms with Crippen molar-refractivity contribution < 1.29 is 13.2 Å². The highest BCUT2D eigenvalue weighted by Crippen LogP contribution is 2.29. The fraction of sp³-hybridized carbons (Fsp3) is 0.208. The van der Waals surface area contributed by atoms with Crippen LogP contribution in [0.5, 0.6) is 0 Å². The van der Waals surface area contributed by atoms with Crippen molar-refractivity contribution in [3.8, 4) is 0 Å². The lowest BCUT2D eigenvalue weighted by molar-refractivity contribution is -0.119. The monoisotopic (exact) mass is 490 g/mol. The smallest absolute Gasteiger partial charge is 0.264 e. The van der Waals surface area contributed by atoms with Gasteiger partial charge in [-0.05, 0) is 55.7 Å². The average Bonchev–Trinajstić information content (AvgIpc) is 2.76. The van der Waals surface area contributed by atoms with E-state index in [0.717, 1.165) is 17.1 Å². The molecule has 0 aliphatic heterocycles. The van der Waals surface area contributed by atoms with E-state index in [1.165, 1.54) is 41.5 Å². The van der Waals surface area contributed by atoms with Crippen molar-refractivity contribution in [2.24, 2.45) is 0 Å². The van der Waals surface area contributed by atoms with Crippen molar-refractivity contribution in [1.82, 2.24) is 5.32 Å². The molecule has 0 spiro atoms. The SMILES string of the molecule is Cc1ccc(CCCNC(=O)CN(c2cc(Cl)cc(Cl)c2)S(=O)(=O)c2ccccc2)cc1. The van der Waals surface area contributed by atoms with E-state index >= 15 is 0 Å². The number of hydrogen-bond acceptors (Lipinski definition) is 3. The molecule has 3 aromatic carbocycles. The molecular formula is C24H24Cl2N2O3S. The number of amides is 1. The Kier molecular flexibility index (Phi) is 8.18. The number of nitrogens with one attached hydrogen (secondary N) is 1. The molecular weight excluding hydrogens is 467 g/mol. The number of carbonyl (C=O) groups is 1. The van der Waals surface area contributed by atoms with Gasteiger partial charge in [-0.3, -0.25) is 9.10 Å². The molecule has 0 aliphatic rings. The zero-order valence-corrected chi connectivity index (χ0v) is 19.9. The van der Waals surface area contributed by atoms with E-state index in [-0.39, 0.29) is 20.6 Å². The van der Waals surface area contributed by atoms with E-state index in [0.29, 0.717) is 6.54 Å². The number of nitrogens with zero attached hydrogens (tertiary/aromatic N) is 1. The maximum Gasteiger partial charge on any atom is 0.264 e. The van der Waals surface area contributed by atoms with Crippen molar-refractivity contribution in [3.05, 3.63) is 94.0 Å². The van der Waals surface area contributed by atoms with Gasteiger partial charge in [-0.15, -0.1) is 0 Å². The third-order valence-electron chi connectivity index (χ3n) is 4.84. The lowest BCUT2D eigenvalue weighted by Gasteiger charge is -2.24. The number of sulfonamides is 1. The van der Waals surface area contributed by atoms with E-state index in [9.17, 15) is 13.2 Å². The number of hydrogen-bond donors (Lipinski definition) is 1. The minimum absolute atomic E-state index is 0.0725. The Hall–Kier alpha value is -2.54. The van der Waals surface area contributed by atoms with Crippen LogP contribution in [-0.4, -0.2) is 27.4 Å². The summed E-state index contributed by atoms with van der Waals surface area (Å²) in [7, 11) is -4.01. The molecule has 0 atom stereocenters. The third-order valence-corrected chi connectivity index (χ3v) is 7.06. The Labute approximate surface area is 199 Å². The quantitative estimate of drug-likeness (QED) is 0.416. The highest BCUT2D eigenvalue weighted by atomic mass is 35.5. The fourth-order valence-electron chi connectivity index (χ4n) is 3.18. The minimum Gasteiger partial charge on any atom is -0.355 e. The molecule has 0 fully saturated rings. The Morgan fingerprint density at radius 2 is 1.56 bits per heavy atom. The second-order valence-electron chi connectivity index (χ2n) is 7.39. The summed E-state index contributed by atoms with van der Waals surface area (Å²) in [5.41, 5.74) is 2.61. The van der Waals surface area contributed by atoms with Gasteiger partial charge in [0.2, 0.25) is 5.91 Å². The molecule has 0 unspecified atom stereocenters. The molecule has 3 rings (SSSR count). The number of benzene rings is 3. The first kappa shape index (κ1) is 24.1. The second-order valence-corrected chi connectivity index (χ2v) is 10.1. The van der Waals surface area contributed by atoms with Gasteiger partial charge in [0, 0.05) is 16.6 Å². The van der Waals surface area contributed by atoms with Crippen LogP contribution in [-0.2, 0) is 21.2 Å². The topological polar surface area (TPSA) is 66.5 Å². The summed E-state index contributed by atoms with van der Waals surface area (Å²) in [6, 6.07) is 20.6. The van der Waals surface area contributed by atoms with Gasteiger partial charge in [-0.25, -0.2) is 8.42 Å². The van der Waals surface area contributed by atoms with Crippen molar-refractivity contribution >= 4 is 44.8 Å². The van der Waals surface area contributed by atoms with Gasteiger partial charge < -0.3 is 5.32 Å². The van der Waals surface area contributed by atoms with Gasteiger partial charge in [0.1, 0.15) is 6.54 Å². The number of carbonyl (C=O) groups excluding carboxylic acids is 1. The fourth-order valence-corrected chi connectivity index (χ4v) is 5.12. The van der Waals surface area contributed by atoms with Gasteiger partial charge in [-0.2, -0.15) is 0 Å². The molecule has 0 aromatic heterocycles. The summed E-state index contributed by atoms with van der Waals surface area (Å²) in [6.45, 7) is 2.08. The molecule has 0 bridgehead atoms. The van der Waals surface area contributed by atoms with Crippen LogP contribution in [0, 0.1) is 6.92 Å². The summed E-state index contributed by atoms with van der Waals surface area (Å²) in [6.07, 6.45) is 1.56. The molecule has 0 heterocycles. The summed E-state index contributed by atoms with van der Waals surface area (Å²) in [5.74, 6) is -0.412. The zero-order valence-electron chi connectivity index (χ0n) is 17.6. The predicted octanol–water partition coefficient (Wildman–Crippen LogP) is 5.25. The number of halogens is 2. The summed E-state index contributed by atoms with van der Waals surface area (Å²) in [5, 5.41) is 3.36. The van der Waals surface area contributed by atoms with Crippen LogP contribution in [0.3, 0.4) is 0 Å². The predicted molar refractivity (Wildman–Crippen MR) is 130 cm³/mol. The van der Waals surface area contributed by atoms with E-state index in [2.05, 4.69) is 29.6 Å². The van der Waals surface area contributed by atoms with E-state index in [4.69, 9.17) is 23.2 Å². The lowest BCUT2D eigenvalue weighted by atomic mass is 10.1. The van der Waals surface area contributed by atoms with Gasteiger partial charge in [0.05, 0.1) is 10.6 Å². The number of aryl methyl sites for hydroxylation is 2. The summed E-state index contributed by atoms with van der Waals surface area (Å²) >= 11 is 12.2. The highest BCUT2D eigenvalue weighted by Gasteiger charge is 2.27. The first-order chi connectivity index (χ1) is 15.3. The van der Waals surface area contributed by atoms with Crippen LogP contribution in [0.2, 0.25) is 10.0 Å². The Morgan fingerprint density at radius 3 is 2.19 bits per heavy atom. The largest absolute Gasteiger partial charge is 0.355 e. The van der Waals surface area contributed by atoms with Crippen molar-refractivity contribution in [3.63, 3.8) is 0 Å². The molecule has 3 aromatic rings. The van der Waals surface area contributed by atoms with E-state index < -0.39 is 22.5 Å². The van der Waals surface area contributed by atoms with Crippen LogP contribution in [0.4, 0.5) is 5.69 Å². The number of rotatable bonds is 9. The van der Waals surface area contributed by atoms with Crippen LogP contribution in [0.25, 0.3) is 0 Å². The molecule has 0 radical (unpaired) electrons. The molecule has 1 N–H and O–H groups in total. The van der Waals surface area contributed by atoms with Crippen LogP contribution in [0.15, 0.2) is 77.7 Å². The van der Waals surface area contributed by atoms with Crippen molar-refractivity contribution in [2.75, 3.05) is 17.4 Å². The Bertz CT molecular complexity index is 1150. The standard InChI is InChI=1S/C24H24Cl2N2O3S/c1-18-9-11-19(12-10-18)6-5-13-27-24(29)17-28(22-15-20(25)14-21(26)16-22)32(30,31)23-7-3-2-4-8-23/h2-4,7-12,14-16H,5-6,13,17H2,1H3,(H,27,29). The first-order valence-corrected chi connectivity index (χ1v) is 12.3. The maximum atomic E-state index is 13.3. The highest BCUT2D eigenvalue weighted by molar-refractivity contribution is 7.92. The van der Waals surface area contributed by atoms with Crippen molar-refractivity contribution in [1.29, 1.82) is 0 Å². The minimum atomic E-state index is -4.01. The van der Waals surface area contributed by atoms with Gasteiger partial charge >= 0.3 is 0 Å². The van der Waals surface area contributed by atoms with E-state index in [1.54, 1.807) is 18.2 Å². The van der Waals surface area contributed by atoms with Crippen LogP contribution in [0.1, 0.15) is 17.5 Å². The molecule has 0 saturated carbocycles. The van der Waals surface area contributed by atoms with Gasteiger partial charge in [0.25, 0.3) is 10.0 Å². The van der Waals surface area contributed by atoms with Gasteiger partial charge in [-0.1, -0.05) is 71.2 Å². The Balaban J connectivity index is 1.72. The molecule has 5 nitrogen and oxygen atoms in total. The van der Waals surface area contributed by atoms with E-state index in [1.807, 2.05) is 6.92 Å². The summed E-state index contributed by atoms with van der Waals surface area (Å²) in [4.78, 5) is 12.7. The van der Waals surface area contributed by atoms with Crippen molar-refractivity contribution in [2.45, 2.75) is 24.7 Å². The normalized spacial score (nSPS) is 11.2. The van der Waals surface area contributed by atoms with Crippen LogP contribution >= 0.6 is 23.2 Å². The third kappa shape index (κ3) is 6.48. The molecule has 0 saturated heterocycles. The maximum absolute atomic E-state index is 13.3. The molecule has 32 heavy (non-hydrogen) atoms. The zero-order chi connectivity index (χ0) is 23.1. The molecule has 1 amide bonds. The average molecular weight is 491 g/mol. The van der Waals surface area contributed by atoms with Crippen LogP contribution < -0.4 is 9.62 Å².